The lowest BCUT2D eigenvalue weighted by atomic mass is 9.91. The van der Waals surface area contributed by atoms with Gasteiger partial charge in [-0.1, -0.05) is 43.2 Å². The van der Waals surface area contributed by atoms with E-state index in [1.54, 1.807) is 0 Å². The highest BCUT2D eigenvalue weighted by molar-refractivity contribution is 5.25. The first-order valence-corrected chi connectivity index (χ1v) is 8.21. The summed E-state index contributed by atoms with van der Waals surface area (Å²) in [4.78, 5) is 2.56. The summed E-state index contributed by atoms with van der Waals surface area (Å²) in [5.41, 5.74) is 2.80. The molecule has 2 heteroatoms. The van der Waals surface area contributed by atoms with Crippen LogP contribution < -0.4 is 5.32 Å². The van der Waals surface area contributed by atoms with Crippen molar-refractivity contribution in [2.24, 2.45) is 0 Å². The van der Waals surface area contributed by atoms with Crippen LogP contribution in [0.2, 0.25) is 0 Å². The van der Waals surface area contributed by atoms with E-state index in [2.05, 4.69) is 55.4 Å². The van der Waals surface area contributed by atoms with Crippen molar-refractivity contribution in [2.45, 2.75) is 58.0 Å². The maximum atomic E-state index is 3.72. The number of nitrogens with zero attached hydrogens (tertiary/aromatic N) is 1. The fourth-order valence-corrected chi connectivity index (χ4v) is 2.93. The second-order valence-corrected chi connectivity index (χ2v) is 6.27. The topological polar surface area (TPSA) is 15.3 Å². The van der Waals surface area contributed by atoms with Crippen LogP contribution in [0.25, 0.3) is 0 Å². The average Bonchev–Trinajstić information content (AvgIpc) is 2.36. The van der Waals surface area contributed by atoms with Crippen LogP contribution in [0.15, 0.2) is 24.3 Å². The van der Waals surface area contributed by atoms with Crippen molar-refractivity contribution in [2.75, 3.05) is 20.1 Å². The van der Waals surface area contributed by atoms with Gasteiger partial charge in [-0.05, 0) is 58.3 Å². The molecule has 0 bridgehead atoms. The molecule has 2 rings (SSSR count). The minimum Gasteiger partial charge on any atom is -0.310 e. The van der Waals surface area contributed by atoms with Gasteiger partial charge in [0.1, 0.15) is 0 Å². The molecule has 1 aromatic carbocycles. The van der Waals surface area contributed by atoms with Gasteiger partial charge in [-0.3, -0.25) is 0 Å². The third kappa shape index (κ3) is 4.32. The number of hydrogen-bond donors (Lipinski definition) is 1. The fourth-order valence-electron chi connectivity index (χ4n) is 2.93. The molecule has 1 aliphatic rings. The molecule has 2 nitrogen and oxygen atoms in total. The van der Waals surface area contributed by atoms with Gasteiger partial charge in [-0.2, -0.15) is 0 Å². The number of hydrogen-bond acceptors (Lipinski definition) is 2. The Balaban J connectivity index is 1.92. The Hall–Kier alpha value is -0.860. The molecule has 1 unspecified atom stereocenters. The Labute approximate surface area is 124 Å². The van der Waals surface area contributed by atoms with E-state index in [1.807, 2.05) is 0 Å². The molecule has 1 aromatic rings. The van der Waals surface area contributed by atoms with Gasteiger partial charge in [-0.25, -0.2) is 0 Å². The highest BCUT2D eigenvalue weighted by atomic mass is 15.1. The number of aryl methyl sites for hydroxylation is 1. The van der Waals surface area contributed by atoms with Gasteiger partial charge in [0.25, 0.3) is 0 Å². The summed E-state index contributed by atoms with van der Waals surface area (Å²) in [5, 5.41) is 3.72. The quantitative estimate of drug-likeness (QED) is 0.773. The molecule has 0 aromatic heterocycles. The number of rotatable bonds is 8. The van der Waals surface area contributed by atoms with Gasteiger partial charge < -0.3 is 10.2 Å². The molecule has 0 amide bonds. The summed E-state index contributed by atoms with van der Waals surface area (Å²) in [6.07, 6.45) is 6.61. The second kappa shape index (κ2) is 7.80. The highest BCUT2D eigenvalue weighted by Crippen LogP contribution is 2.25. The molecule has 0 aliphatic heterocycles. The summed E-state index contributed by atoms with van der Waals surface area (Å²) in [5.74, 6) is 0. The zero-order chi connectivity index (χ0) is 14.4. The predicted octanol–water partition coefficient (Wildman–Crippen LogP) is 3.91. The second-order valence-electron chi connectivity index (χ2n) is 6.27. The van der Waals surface area contributed by atoms with Gasteiger partial charge in [0, 0.05) is 12.1 Å². The molecule has 0 spiro atoms. The summed E-state index contributed by atoms with van der Waals surface area (Å²) in [6.45, 7) is 6.72. The minimum absolute atomic E-state index is 0.498. The number of benzene rings is 1. The lowest BCUT2D eigenvalue weighted by Gasteiger charge is -2.35. The van der Waals surface area contributed by atoms with E-state index >= 15 is 0 Å². The van der Waals surface area contributed by atoms with Crippen molar-refractivity contribution in [3.8, 4) is 0 Å². The van der Waals surface area contributed by atoms with Gasteiger partial charge in [0.2, 0.25) is 0 Å². The van der Waals surface area contributed by atoms with E-state index in [1.165, 1.54) is 49.8 Å². The summed E-state index contributed by atoms with van der Waals surface area (Å²) < 4.78 is 0. The van der Waals surface area contributed by atoms with Crippen molar-refractivity contribution in [3.05, 3.63) is 35.4 Å². The first-order chi connectivity index (χ1) is 9.70. The van der Waals surface area contributed by atoms with Gasteiger partial charge in [-0.15, -0.1) is 0 Å². The largest absolute Gasteiger partial charge is 0.310 e. The van der Waals surface area contributed by atoms with E-state index in [-0.39, 0.29) is 0 Å². The Morgan fingerprint density at radius 2 is 2.15 bits per heavy atom. The fraction of sp³-hybridized carbons (Fsp3) is 0.667. The molecular weight excluding hydrogens is 244 g/mol. The van der Waals surface area contributed by atoms with E-state index in [0.29, 0.717) is 6.04 Å². The molecule has 1 aliphatic carbocycles. The van der Waals surface area contributed by atoms with Crippen LogP contribution in [0.4, 0.5) is 0 Å². The van der Waals surface area contributed by atoms with E-state index in [0.717, 1.165) is 12.6 Å². The third-order valence-electron chi connectivity index (χ3n) is 4.55. The molecule has 1 saturated carbocycles. The van der Waals surface area contributed by atoms with E-state index in [9.17, 15) is 0 Å². The van der Waals surface area contributed by atoms with Gasteiger partial charge in [0.05, 0.1) is 0 Å². The SMILES string of the molecule is CCCNC(CCN(C)C1CCC1)c1cccc(C)c1. The van der Waals surface area contributed by atoms with Crippen molar-refractivity contribution < 1.29 is 0 Å². The molecule has 1 atom stereocenters. The maximum absolute atomic E-state index is 3.72. The van der Waals surface area contributed by atoms with Crippen LogP contribution in [0.1, 0.15) is 56.2 Å². The normalized spacial score (nSPS) is 17.2. The van der Waals surface area contributed by atoms with Crippen molar-refractivity contribution >= 4 is 0 Å². The van der Waals surface area contributed by atoms with E-state index < -0.39 is 0 Å². The monoisotopic (exact) mass is 274 g/mol. The van der Waals surface area contributed by atoms with Crippen LogP contribution in [0.5, 0.6) is 0 Å². The smallest absolute Gasteiger partial charge is 0.0332 e. The zero-order valence-electron chi connectivity index (χ0n) is 13.4. The van der Waals surface area contributed by atoms with Crippen molar-refractivity contribution in [1.82, 2.24) is 10.2 Å². The Morgan fingerprint density at radius 1 is 1.35 bits per heavy atom. The number of nitrogens with one attached hydrogen (secondary N) is 1. The minimum atomic E-state index is 0.498. The first-order valence-electron chi connectivity index (χ1n) is 8.21. The lowest BCUT2D eigenvalue weighted by molar-refractivity contribution is 0.153. The predicted molar refractivity (Wildman–Crippen MR) is 87.1 cm³/mol. The Kier molecular flexibility index (Phi) is 6.06. The van der Waals surface area contributed by atoms with Crippen LogP contribution in [-0.4, -0.2) is 31.1 Å². The Morgan fingerprint density at radius 3 is 2.75 bits per heavy atom. The molecule has 0 heterocycles. The molecule has 20 heavy (non-hydrogen) atoms. The van der Waals surface area contributed by atoms with Crippen LogP contribution in [-0.2, 0) is 0 Å². The molecule has 112 valence electrons. The molecule has 0 radical (unpaired) electrons. The zero-order valence-corrected chi connectivity index (χ0v) is 13.4. The van der Waals surface area contributed by atoms with Crippen LogP contribution >= 0.6 is 0 Å². The Bertz CT molecular complexity index is 398. The van der Waals surface area contributed by atoms with Crippen molar-refractivity contribution in [3.63, 3.8) is 0 Å². The molecule has 1 fully saturated rings. The van der Waals surface area contributed by atoms with Gasteiger partial charge >= 0.3 is 0 Å². The summed E-state index contributed by atoms with van der Waals surface area (Å²) in [6, 6.07) is 10.3. The summed E-state index contributed by atoms with van der Waals surface area (Å²) >= 11 is 0. The van der Waals surface area contributed by atoms with Crippen LogP contribution in [0, 0.1) is 6.92 Å². The van der Waals surface area contributed by atoms with Crippen LogP contribution in [0.3, 0.4) is 0 Å². The maximum Gasteiger partial charge on any atom is 0.0332 e. The molecule has 1 N–H and O–H groups in total. The average molecular weight is 274 g/mol. The molecule has 0 saturated heterocycles. The lowest BCUT2D eigenvalue weighted by Crippen LogP contribution is -2.39. The summed E-state index contributed by atoms with van der Waals surface area (Å²) in [7, 11) is 2.29. The standard InChI is InChI=1S/C18H30N2/c1-4-12-19-18(16-8-5-7-15(2)14-16)11-13-20(3)17-9-6-10-17/h5,7-8,14,17-19H,4,6,9-13H2,1-3H3. The van der Waals surface area contributed by atoms with Crippen molar-refractivity contribution in [1.29, 1.82) is 0 Å². The highest BCUT2D eigenvalue weighted by Gasteiger charge is 2.22. The van der Waals surface area contributed by atoms with Gasteiger partial charge in [0.15, 0.2) is 0 Å². The molecular formula is C18H30N2. The first kappa shape index (κ1) is 15.5. The van der Waals surface area contributed by atoms with E-state index in [4.69, 9.17) is 0 Å². The third-order valence-corrected chi connectivity index (χ3v) is 4.55.